The average Bonchev–Trinajstić information content (AvgIpc) is 3.55. The first-order valence-electron chi connectivity index (χ1n) is 18.5. The second-order valence-electron chi connectivity index (χ2n) is 14.0. The van der Waals surface area contributed by atoms with E-state index in [1.807, 2.05) is 0 Å². The second kappa shape index (κ2) is 13.2. The molecule has 0 aliphatic heterocycles. The maximum absolute atomic E-state index is 5.11. The Morgan fingerprint density at radius 3 is 1.59 bits per heavy atom. The van der Waals surface area contributed by atoms with Crippen LogP contribution in [0.3, 0.4) is 0 Å². The Balaban J connectivity index is 1.10. The molecule has 0 fully saturated rings. The summed E-state index contributed by atoms with van der Waals surface area (Å²) >= 11 is 0. The van der Waals surface area contributed by atoms with Crippen molar-refractivity contribution < 1.29 is 0 Å². The van der Waals surface area contributed by atoms with Crippen LogP contribution in [-0.4, -0.2) is 4.98 Å². The van der Waals surface area contributed by atoms with Crippen molar-refractivity contribution in [2.75, 3.05) is 5.32 Å². The zero-order valence-corrected chi connectivity index (χ0v) is 29.7. The first-order chi connectivity index (χ1) is 26.8. The number of rotatable bonds is 7. The van der Waals surface area contributed by atoms with Crippen LogP contribution in [0.1, 0.15) is 22.3 Å². The highest BCUT2D eigenvalue weighted by Gasteiger charge is 2.46. The highest BCUT2D eigenvalue weighted by molar-refractivity contribution is 5.97. The van der Waals surface area contributed by atoms with E-state index in [4.69, 9.17) is 4.98 Å². The van der Waals surface area contributed by atoms with Gasteiger partial charge in [0.05, 0.1) is 16.6 Å². The van der Waals surface area contributed by atoms with E-state index in [1.165, 1.54) is 44.5 Å². The molecule has 1 aromatic heterocycles. The molecule has 2 heteroatoms. The molecule has 1 heterocycles. The lowest BCUT2D eigenvalue weighted by atomic mass is 9.67. The molecule has 1 aliphatic carbocycles. The van der Waals surface area contributed by atoms with Crippen LogP contribution in [0.4, 0.5) is 11.4 Å². The van der Waals surface area contributed by atoms with Gasteiger partial charge in [-0.15, -0.1) is 0 Å². The highest BCUT2D eigenvalue weighted by atomic mass is 14.9. The third-order valence-corrected chi connectivity index (χ3v) is 11.0. The molecule has 0 bridgehead atoms. The monoisotopic (exact) mass is 688 g/mol. The fourth-order valence-electron chi connectivity index (χ4n) is 8.52. The van der Waals surface area contributed by atoms with Crippen molar-refractivity contribution >= 4 is 22.3 Å². The normalized spacial score (nSPS) is 12.6. The largest absolute Gasteiger partial charge is 0.355 e. The van der Waals surface area contributed by atoms with E-state index in [-0.39, 0.29) is 0 Å². The number of fused-ring (bicyclic) bond motifs is 4. The van der Waals surface area contributed by atoms with Gasteiger partial charge in [-0.2, -0.15) is 0 Å². The number of para-hydroxylation sites is 1. The minimum Gasteiger partial charge on any atom is -0.355 e. The molecule has 0 saturated carbocycles. The van der Waals surface area contributed by atoms with E-state index >= 15 is 0 Å². The van der Waals surface area contributed by atoms with Crippen LogP contribution < -0.4 is 5.32 Å². The first kappa shape index (κ1) is 31.7. The fraction of sp³-hybridized carbons (Fsp3) is 0.0192. The minimum atomic E-state index is -0.484. The molecule has 0 saturated heterocycles. The summed E-state index contributed by atoms with van der Waals surface area (Å²) in [6.45, 7) is 0. The molecule has 54 heavy (non-hydrogen) atoms. The van der Waals surface area contributed by atoms with Gasteiger partial charge in [0, 0.05) is 27.9 Å². The first-order valence-corrected chi connectivity index (χ1v) is 18.5. The maximum Gasteiger partial charge on any atom is 0.0715 e. The molecule has 0 atom stereocenters. The molecule has 0 spiro atoms. The third kappa shape index (κ3) is 5.23. The molecule has 1 aliphatic rings. The van der Waals surface area contributed by atoms with Crippen molar-refractivity contribution in [2.45, 2.75) is 5.41 Å². The summed E-state index contributed by atoms with van der Waals surface area (Å²) in [5, 5.41) is 5.03. The van der Waals surface area contributed by atoms with Crippen molar-refractivity contribution in [1.29, 1.82) is 0 Å². The van der Waals surface area contributed by atoms with Crippen LogP contribution in [0.2, 0.25) is 0 Å². The molecule has 0 radical (unpaired) electrons. The summed E-state index contributed by atoms with van der Waals surface area (Å²) in [5.74, 6) is 0. The number of benzene rings is 8. The molecule has 0 amide bonds. The van der Waals surface area contributed by atoms with E-state index in [1.54, 1.807) is 0 Å². The van der Waals surface area contributed by atoms with Gasteiger partial charge in [0.2, 0.25) is 0 Å². The van der Waals surface area contributed by atoms with Crippen LogP contribution in [0.15, 0.2) is 212 Å². The zero-order chi connectivity index (χ0) is 35.9. The predicted molar refractivity (Wildman–Crippen MR) is 225 cm³/mol. The predicted octanol–water partition coefficient (Wildman–Crippen LogP) is 13.3. The molecule has 0 unspecified atom stereocenters. The van der Waals surface area contributed by atoms with Gasteiger partial charge in [-0.1, -0.05) is 182 Å². The van der Waals surface area contributed by atoms with Gasteiger partial charge in [-0.25, -0.2) is 4.98 Å². The maximum atomic E-state index is 5.11. The van der Waals surface area contributed by atoms with E-state index < -0.39 is 5.41 Å². The third-order valence-electron chi connectivity index (χ3n) is 11.0. The Morgan fingerprint density at radius 2 is 0.926 bits per heavy atom. The van der Waals surface area contributed by atoms with Crippen LogP contribution >= 0.6 is 0 Å². The number of pyridine rings is 1. The van der Waals surface area contributed by atoms with Crippen LogP contribution in [-0.2, 0) is 5.41 Å². The number of aromatic nitrogens is 1. The molecule has 10 rings (SSSR count). The van der Waals surface area contributed by atoms with Crippen LogP contribution in [0, 0.1) is 0 Å². The quantitative estimate of drug-likeness (QED) is 0.180. The van der Waals surface area contributed by atoms with Crippen molar-refractivity contribution in [2.24, 2.45) is 0 Å². The number of anilines is 2. The van der Waals surface area contributed by atoms with Crippen LogP contribution in [0.5, 0.6) is 0 Å². The standard InChI is InChI=1S/C52H36N2/c1-4-16-36(17-5-1)42-33-30-40(52(39-20-8-3-9-21-39)47-25-13-10-22-43(47)44-23-11-14-26-48(44)52)34-51(42)53-41-31-28-38(29-32-41)50-35-46(37-18-6-2-7-19-37)45-24-12-15-27-49(45)54-50/h1-35,53H. The minimum absolute atomic E-state index is 0.484. The summed E-state index contributed by atoms with van der Waals surface area (Å²) in [5.41, 5.74) is 16.9. The zero-order valence-electron chi connectivity index (χ0n) is 29.7. The van der Waals surface area contributed by atoms with Crippen molar-refractivity contribution in [1.82, 2.24) is 4.98 Å². The van der Waals surface area contributed by atoms with Crippen LogP contribution in [0.25, 0.3) is 55.5 Å². The summed E-state index contributed by atoms with van der Waals surface area (Å²) in [6.07, 6.45) is 0. The molecule has 254 valence electrons. The van der Waals surface area contributed by atoms with Gasteiger partial charge in [0.15, 0.2) is 0 Å². The molecule has 2 nitrogen and oxygen atoms in total. The lowest BCUT2D eigenvalue weighted by Gasteiger charge is -2.34. The van der Waals surface area contributed by atoms with E-state index in [0.29, 0.717) is 0 Å². The van der Waals surface area contributed by atoms with Gasteiger partial charge in [-0.3, -0.25) is 0 Å². The van der Waals surface area contributed by atoms with Gasteiger partial charge < -0.3 is 5.32 Å². The van der Waals surface area contributed by atoms with Gasteiger partial charge in [0.1, 0.15) is 0 Å². The lowest BCUT2D eigenvalue weighted by Crippen LogP contribution is -2.28. The number of hydrogen-bond acceptors (Lipinski definition) is 2. The van der Waals surface area contributed by atoms with Gasteiger partial charge in [-0.05, 0) is 80.4 Å². The molecule has 8 aromatic carbocycles. The molecule has 9 aromatic rings. The summed E-state index contributed by atoms with van der Waals surface area (Å²) < 4.78 is 0. The lowest BCUT2D eigenvalue weighted by molar-refractivity contribution is 0.769. The smallest absolute Gasteiger partial charge is 0.0715 e. The molecule has 1 N–H and O–H groups in total. The molecular weight excluding hydrogens is 653 g/mol. The Labute approximate surface area is 316 Å². The number of hydrogen-bond donors (Lipinski definition) is 1. The van der Waals surface area contributed by atoms with Crippen molar-refractivity contribution in [3.63, 3.8) is 0 Å². The van der Waals surface area contributed by atoms with Gasteiger partial charge in [0.25, 0.3) is 0 Å². The van der Waals surface area contributed by atoms with Crippen molar-refractivity contribution in [3.8, 4) is 44.6 Å². The number of nitrogens with one attached hydrogen (secondary N) is 1. The average molecular weight is 689 g/mol. The fourth-order valence-corrected chi connectivity index (χ4v) is 8.52. The summed E-state index contributed by atoms with van der Waals surface area (Å²) in [4.78, 5) is 5.11. The van der Waals surface area contributed by atoms with Gasteiger partial charge >= 0.3 is 0 Å². The molecular formula is C52H36N2. The highest BCUT2D eigenvalue weighted by Crippen LogP contribution is 2.56. The SMILES string of the molecule is c1ccc(-c2ccc(C3(c4ccccc4)c4ccccc4-c4ccccc43)cc2Nc2ccc(-c3cc(-c4ccccc4)c4ccccc4n3)cc2)cc1. The topological polar surface area (TPSA) is 24.9 Å². The summed E-state index contributed by atoms with van der Waals surface area (Å²) in [7, 11) is 0. The second-order valence-corrected chi connectivity index (χ2v) is 14.0. The Hall–Kier alpha value is -7.03. The van der Waals surface area contributed by atoms with E-state index in [2.05, 4.69) is 218 Å². The Morgan fingerprint density at radius 1 is 0.370 bits per heavy atom. The summed E-state index contributed by atoms with van der Waals surface area (Å²) in [6, 6.07) is 76.4. The Kier molecular flexibility index (Phi) is 7.74. The Bertz CT molecular complexity index is 2730. The van der Waals surface area contributed by atoms with Crippen molar-refractivity contribution in [3.05, 3.63) is 235 Å². The van der Waals surface area contributed by atoms with E-state index in [9.17, 15) is 0 Å². The van der Waals surface area contributed by atoms with E-state index in [0.717, 1.165) is 44.7 Å². The number of nitrogens with zero attached hydrogens (tertiary/aromatic N) is 1.